The van der Waals surface area contributed by atoms with Crippen LogP contribution in [0, 0.1) is 0 Å². The second-order valence-electron chi connectivity index (χ2n) is 4.74. The predicted molar refractivity (Wildman–Crippen MR) is 67.6 cm³/mol. The molecule has 3 rings (SSSR count). The standard InChI is InChI=1S/C13H17N3O2/c1-18-11-4-2-3-9(5-11)12-8-16(13(17)15-12)10-6-14-7-10/h2-5,10,12,14H,6-8H2,1H3,(H,15,17). The molecule has 2 aliphatic rings. The third-order valence-electron chi connectivity index (χ3n) is 3.63. The zero-order valence-corrected chi connectivity index (χ0v) is 10.3. The van der Waals surface area contributed by atoms with E-state index in [1.165, 1.54) is 0 Å². The highest BCUT2D eigenvalue weighted by atomic mass is 16.5. The van der Waals surface area contributed by atoms with Gasteiger partial charge in [0, 0.05) is 19.6 Å². The van der Waals surface area contributed by atoms with Crippen LogP contribution in [0.25, 0.3) is 0 Å². The van der Waals surface area contributed by atoms with Gasteiger partial charge in [0.1, 0.15) is 5.75 Å². The lowest BCUT2D eigenvalue weighted by Gasteiger charge is -2.34. The van der Waals surface area contributed by atoms with Crippen LogP contribution >= 0.6 is 0 Å². The third kappa shape index (κ3) is 1.90. The van der Waals surface area contributed by atoms with Crippen LogP contribution in [0.5, 0.6) is 5.75 Å². The summed E-state index contributed by atoms with van der Waals surface area (Å²) in [7, 11) is 1.65. The molecule has 2 fully saturated rings. The monoisotopic (exact) mass is 247 g/mol. The van der Waals surface area contributed by atoms with Crippen molar-refractivity contribution in [3.63, 3.8) is 0 Å². The summed E-state index contributed by atoms with van der Waals surface area (Å²) in [6, 6.07) is 8.31. The molecular weight excluding hydrogens is 230 g/mol. The summed E-state index contributed by atoms with van der Waals surface area (Å²) in [4.78, 5) is 13.8. The number of ether oxygens (including phenoxy) is 1. The number of hydrogen-bond acceptors (Lipinski definition) is 3. The van der Waals surface area contributed by atoms with Crippen LogP contribution in [0.15, 0.2) is 24.3 Å². The van der Waals surface area contributed by atoms with Crippen molar-refractivity contribution in [2.24, 2.45) is 0 Å². The largest absolute Gasteiger partial charge is 0.497 e. The number of hydrogen-bond donors (Lipinski definition) is 2. The van der Waals surface area contributed by atoms with Crippen molar-refractivity contribution in [3.8, 4) is 5.75 Å². The molecule has 0 aromatic heterocycles. The first kappa shape index (κ1) is 11.3. The van der Waals surface area contributed by atoms with Crippen molar-refractivity contribution >= 4 is 6.03 Å². The molecule has 0 radical (unpaired) electrons. The van der Waals surface area contributed by atoms with Crippen LogP contribution in [0.3, 0.4) is 0 Å². The molecule has 1 aromatic carbocycles. The minimum Gasteiger partial charge on any atom is -0.497 e. The van der Waals surface area contributed by atoms with Crippen molar-refractivity contribution in [1.29, 1.82) is 0 Å². The number of nitrogens with one attached hydrogen (secondary N) is 2. The van der Waals surface area contributed by atoms with Gasteiger partial charge >= 0.3 is 6.03 Å². The molecule has 2 aliphatic heterocycles. The zero-order valence-electron chi connectivity index (χ0n) is 10.3. The van der Waals surface area contributed by atoms with Gasteiger partial charge in [0.2, 0.25) is 0 Å². The lowest BCUT2D eigenvalue weighted by Crippen LogP contribution is -2.57. The number of rotatable bonds is 3. The van der Waals surface area contributed by atoms with E-state index in [2.05, 4.69) is 10.6 Å². The Morgan fingerprint density at radius 1 is 1.39 bits per heavy atom. The first-order valence-electron chi connectivity index (χ1n) is 6.20. The van der Waals surface area contributed by atoms with Gasteiger partial charge in [-0.15, -0.1) is 0 Å². The van der Waals surface area contributed by atoms with Crippen LogP contribution in [0.2, 0.25) is 0 Å². The topological polar surface area (TPSA) is 53.6 Å². The first-order valence-corrected chi connectivity index (χ1v) is 6.20. The Hall–Kier alpha value is -1.75. The summed E-state index contributed by atoms with van der Waals surface area (Å²) >= 11 is 0. The van der Waals surface area contributed by atoms with E-state index in [0.29, 0.717) is 6.04 Å². The summed E-state index contributed by atoms with van der Waals surface area (Å²) < 4.78 is 5.21. The molecule has 1 aromatic rings. The summed E-state index contributed by atoms with van der Waals surface area (Å²) in [6.45, 7) is 2.54. The van der Waals surface area contributed by atoms with E-state index in [1.807, 2.05) is 29.2 Å². The zero-order chi connectivity index (χ0) is 12.5. The van der Waals surface area contributed by atoms with E-state index in [1.54, 1.807) is 7.11 Å². The normalized spacial score (nSPS) is 23.7. The molecule has 5 nitrogen and oxygen atoms in total. The van der Waals surface area contributed by atoms with Crippen LogP contribution in [0.1, 0.15) is 11.6 Å². The fraction of sp³-hybridized carbons (Fsp3) is 0.462. The van der Waals surface area contributed by atoms with Crippen molar-refractivity contribution < 1.29 is 9.53 Å². The van der Waals surface area contributed by atoms with Gasteiger partial charge in [-0.3, -0.25) is 0 Å². The average molecular weight is 247 g/mol. The van der Waals surface area contributed by atoms with Crippen LogP contribution in [-0.2, 0) is 0 Å². The van der Waals surface area contributed by atoms with Crippen LogP contribution in [-0.4, -0.2) is 43.7 Å². The lowest BCUT2D eigenvalue weighted by molar-refractivity contribution is 0.172. The maximum atomic E-state index is 11.9. The highest BCUT2D eigenvalue weighted by Crippen LogP contribution is 2.25. The van der Waals surface area contributed by atoms with Gasteiger partial charge in [-0.25, -0.2) is 4.79 Å². The Balaban J connectivity index is 1.75. The number of carbonyl (C=O) groups is 1. The van der Waals surface area contributed by atoms with Gasteiger partial charge in [0.15, 0.2) is 0 Å². The Kier molecular flexibility index (Phi) is 2.83. The van der Waals surface area contributed by atoms with Gasteiger partial charge in [-0.05, 0) is 17.7 Å². The van der Waals surface area contributed by atoms with E-state index in [0.717, 1.165) is 30.9 Å². The molecule has 0 aliphatic carbocycles. The highest BCUT2D eigenvalue weighted by molar-refractivity contribution is 5.77. The van der Waals surface area contributed by atoms with Gasteiger partial charge < -0.3 is 20.3 Å². The molecular formula is C13H17N3O2. The molecule has 2 amide bonds. The number of methoxy groups -OCH3 is 1. The van der Waals surface area contributed by atoms with Gasteiger partial charge in [0.25, 0.3) is 0 Å². The van der Waals surface area contributed by atoms with Gasteiger partial charge in [0.05, 0.1) is 19.2 Å². The average Bonchev–Trinajstić information content (AvgIpc) is 2.70. The van der Waals surface area contributed by atoms with E-state index in [9.17, 15) is 4.79 Å². The van der Waals surface area contributed by atoms with E-state index < -0.39 is 0 Å². The van der Waals surface area contributed by atoms with Gasteiger partial charge in [-0.1, -0.05) is 12.1 Å². The maximum Gasteiger partial charge on any atom is 0.318 e. The second-order valence-corrected chi connectivity index (χ2v) is 4.74. The molecule has 18 heavy (non-hydrogen) atoms. The minimum absolute atomic E-state index is 0.0364. The number of amides is 2. The molecule has 1 atom stereocenters. The van der Waals surface area contributed by atoms with Crippen LogP contribution < -0.4 is 15.4 Å². The summed E-state index contributed by atoms with van der Waals surface area (Å²) in [6.07, 6.45) is 0. The van der Waals surface area contributed by atoms with Crippen molar-refractivity contribution in [1.82, 2.24) is 15.5 Å². The minimum atomic E-state index is 0.0364. The second kappa shape index (κ2) is 4.49. The van der Waals surface area contributed by atoms with E-state index in [-0.39, 0.29) is 12.1 Å². The summed E-state index contributed by atoms with van der Waals surface area (Å²) in [5.74, 6) is 0.825. The third-order valence-corrected chi connectivity index (χ3v) is 3.63. The fourth-order valence-corrected chi connectivity index (χ4v) is 2.41. The number of benzene rings is 1. The maximum absolute atomic E-state index is 11.9. The van der Waals surface area contributed by atoms with Gasteiger partial charge in [-0.2, -0.15) is 0 Å². The molecule has 5 heteroatoms. The smallest absolute Gasteiger partial charge is 0.318 e. The summed E-state index contributed by atoms with van der Waals surface area (Å²) in [5, 5.41) is 6.21. The van der Waals surface area contributed by atoms with E-state index >= 15 is 0 Å². The molecule has 1 unspecified atom stereocenters. The Morgan fingerprint density at radius 2 is 2.22 bits per heavy atom. The number of nitrogens with zero attached hydrogens (tertiary/aromatic N) is 1. The number of carbonyl (C=O) groups excluding carboxylic acids is 1. The highest BCUT2D eigenvalue weighted by Gasteiger charge is 2.36. The van der Waals surface area contributed by atoms with Crippen molar-refractivity contribution in [3.05, 3.63) is 29.8 Å². The Bertz CT molecular complexity index is 459. The molecule has 0 spiro atoms. The SMILES string of the molecule is COc1cccc(C2CN(C3CNC3)C(=O)N2)c1. The molecule has 2 saturated heterocycles. The quantitative estimate of drug-likeness (QED) is 0.828. The van der Waals surface area contributed by atoms with Crippen LogP contribution in [0.4, 0.5) is 4.79 Å². The first-order chi connectivity index (χ1) is 8.78. The Morgan fingerprint density at radius 3 is 2.89 bits per heavy atom. The molecule has 0 saturated carbocycles. The van der Waals surface area contributed by atoms with Crippen molar-refractivity contribution in [2.45, 2.75) is 12.1 Å². The van der Waals surface area contributed by atoms with Crippen molar-refractivity contribution in [2.75, 3.05) is 26.7 Å². The lowest BCUT2D eigenvalue weighted by atomic mass is 10.1. The fourth-order valence-electron chi connectivity index (χ4n) is 2.41. The summed E-state index contributed by atoms with van der Waals surface area (Å²) in [5.41, 5.74) is 1.09. The molecule has 96 valence electrons. The molecule has 2 heterocycles. The van der Waals surface area contributed by atoms with E-state index in [4.69, 9.17) is 4.74 Å². The Labute approximate surface area is 106 Å². The molecule has 2 N–H and O–H groups in total. The molecule has 0 bridgehead atoms. The number of urea groups is 1. The predicted octanol–water partition coefficient (Wildman–Crippen LogP) is 0.733.